The van der Waals surface area contributed by atoms with Gasteiger partial charge in [-0.25, -0.2) is 4.68 Å². The van der Waals surface area contributed by atoms with Crippen molar-refractivity contribution in [2.24, 2.45) is 11.7 Å². The maximum atomic E-state index is 13.7. The normalized spacial score (nSPS) is 13.7. The molecule has 1 unspecified atom stereocenters. The highest BCUT2D eigenvalue weighted by molar-refractivity contribution is 6.03. The number of hydrogen-bond donors (Lipinski definition) is 3. The van der Waals surface area contributed by atoms with Crippen molar-refractivity contribution in [1.29, 1.82) is 0 Å². The lowest BCUT2D eigenvalue weighted by Gasteiger charge is -2.24. The molecule has 6 rings (SSSR count). The summed E-state index contributed by atoms with van der Waals surface area (Å²) in [6.07, 6.45) is -2.39. The molecule has 1 saturated carbocycles. The lowest BCUT2D eigenvalue weighted by atomic mass is 9.92. The van der Waals surface area contributed by atoms with Gasteiger partial charge in [-0.2, -0.15) is 18.3 Å². The van der Waals surface area contributed by atoms with E-state index in [4.69, 9.17) is 10.5 Å². The van der Waals surface area contributed by atoms with Crippen LogP contribution in [0.15, 0.2) is 91.0 Å². The van der Waals surface area contributed by atoms with Gasteiger partial charge in [0.1, 0.15) is 11.4 Å². The molecule has 0 saturated heterocycles. The topological polar surface area (TPSA) is 94.2 Å². The number of amides is 1. The summed E-state index contributed by atoms with van der Waals surface area (Å²) in [6.45, 7) is 1.00. The van der Waals surface area contributed by atoms with Crippen LogP contribution in [-0.4, -0.2) is 29.3 Å². The highest BCUT2D eigenvalue weighted by atomic mass is 35.5. The second-order valence-corrected chi connectivity index (χ2v) is 11.0. The number of carbonyl (C=O) groups excluding carboxylic acids is 1. The van der Waals surface area contributed by atoms with E-state index in [9.17, 15) is 18.0 Å². The second-order valence-electron chi connectivity index (χ2n) is 11.0. The van der Waals surface area contributed by atoms with Gasteiger partial charge in [-0.1, -0.05) is 54.6 Å². The number of methoxy groups -OCH3 is 1. The van der Waals surface area contributed by atoms with Crippen molar-refractivity contribution in [2.45, 2.75) is 31.6 Å². The van der Waals surface area contributed by atoms with E-state index >= 15 is 0 Å². The first-order valence-electron chi connectivity index (χ1n) is 14.4. The first kappa shape index (κ1) is 32.0. The van der Waals surface area contributed by atoms with Gasteiger partial charge in [-0.15, -0.1) is 12.4 Å². The minimum atomic E-state index is -4.73. The first-order valence-corrected chi connectivity index (χ1v) is 14.4. The maximum absolute atomic E-state index is 13.7. The van der Waals surface area contributed by atoms with Crippen LogP contribution >= 0.6 is 12.4 Å². The Balaban J connectivity index is 0.00000400. The standard InChI is InChI=1S/C34H32F3N5O2.ClH/c1-44-29-15-14-23-7-2-3-11-27(23)31(29)32(39-20-21-12-13-21)24-8-5-9-25(17-24)40-33(43)28-18-30(34(35,36)37)41-42(28)26-10-4-6-22(16-26)19-38;/h2-11,14-18,21,32,39H,12-13,19-20,38H2,1H3,(H,40,43);1H. The van der Waals surface area contributed by atoms with Crippen molar-refractivity contribution < 1.29 is 22.7 Å². The number of aromatic nitrogens is 2. The Bertz CT molecular complexity index is 1820. The lowest BCUT2D eigenvalue weighted by Crippen LogP contribution is -2.25. The van der Waals surface area contributed by atoms with Gasteiger partial charge in [0, 0.05) is 23.9 Å². The molecule has 1 heterocycles. The summed E-state index contributed by atoms with van der Waals surface area (Å²) in [5.74, 6) is 0.602. The van der Waals surface area contributed by atoms with Crippen LogP contribution in [-0.2, 0) is 12.7 Å². The number of nitrogens with two attached hydrogens (primary N) is 1. The number of carbonyl (C=O) groups is 1. The number of halogens is 4. The summed E-state index contributed by atoms with van der Waals surface area (Å²) in [5.41, 5.74) is 7.60. The van der Waals surface area contributed by atoms with E-state index in [-0.39, 0.29) is 30.7 Å². The van der Waals surface area contributed by atoms with E-state index in [1.807, 2.05) is 42.5 Å². The molecule has 1 aliphatic carbocycles. The molecular formula is C34H33ClF3N5O2. The quantitative estimate of drug-likeness (QED) is 0.150. The zero-order chi connectivity index (χ0) is 30.8. The predicted molar refractivity (Wildman–Crippen MR) is 171 cm³/mol. The molecular weight excluding hydrogens is 603 g/mol. The van der Waals surface area contributed by atoms with Crippen LogP contribution in [0.3, 0.4) is 0 Å². The average Bonchev–Trinajstić information content (AvgIpc) is 3.74. The van der Waals surface area contributed by atoms with Gasteiger partial charge in [0.05, 0.1) is 18.8 Å². The zero-order valence-corrected chi connectivity index (χ0v) is 25.3. The predicted octanol–water partition coefficient (Wildman–Crippen LogP) is 7.27. The SMILES string of the molecule is COc1ccc2ccccc2c1C(NCC1CC1)c1cccc(NC(=O)c2cc(C(F)(F)F)nn2-c2cccc(CN)c2)c1.Cl. The number of benzene rings is 4. The molecule has 1 amide bonds. The number of fused-ring (bicyclic) bond motifs is 1. The maximum Gasteiger partial charge on any atom is 0.435 e. The summed E-state index contributed by atoms with van der Waals surface area (Å²) >= 11 is 0. The van der Waals surface area contributed by atoms with Gasteiger partial charge < -0.3 is 21.1 Å². The number of nitrogens with zero attached hydrogens (tertiary/aromatic N) is 2. The summed E-state index contributed by atoms with van der Waals surface area (Å²) < 4.78 is 47.9. The molecule has 45 heavy (non-hydrogen) atoms. The van der Waals surface area contributed by atoms with Crippen LogP contribution in [0.25, 0.3) is 16.5 Å². The van der Waals surface area contributed by atoms with Crippen LogP contribution in [0.1, 0.15) is 51.8 Å². The van der Waals surface area contributed by atoms with Gasteiger partial charge in [0.25, 0.3) is 5.91 Å². The summed E-state index contributed by atoms with van der Waals surface area (Å²) in [6, 6.07) is 26.5. The fourth-order valence-electron chi connectivity index (χ4n) is 5.43. The third kappa shape index (κ3) is 6.98. The Kier molecular flexibility index (Phi) is 9.48. The second kappa shape index (κ2) is 13.3. The minimum Gasteiger partial charge on any atom is -0.496 e. The van der Waals surface area contributed by atoms with Crippen molar-refractivity contribution in [3.63, 3.8) is 0 Å². The molecule has 1 fully saturated rings. The van der Waals surface area contributed by atoms with Crippen LogP contribution in [0.2, 0.25) is 0 Å². The van der Waals surface area contributed by atoms with E-state index in [2.05, 4.69) is 27.9 Å². The van der Waals surface area contributed by atoms with Gasteiger partial charge in [0.2, 0.25) is 0 Å². The van der Waals surface area contributed by atoms with Gasteiger partial charge >= 0.3 is 6.18 Å². The summed E-state index contributed by atoms with van der Waals surface area (Å²) in [5, 5.41) is 12.4. The third-order valence-electron chi connectivity index (χ3n) is 7.85. The molecule has 1 aromatic heterocycles. The van der Waals surface area contributed by atoms with Crippen LogP contribution < -0.4 is 21.1 Å². The fraction of sp³-hybridized carbons (Fsp3) is 0.235. The molecule has 11 heteroatoms. The number of alkyl halides is 3. The Morgan fingerprint density at radius 3 is 2.53 bits per heavy atom. The molecule has 234 valence electrons. The molecule has 0 spiro atoms. The van der Waals surface area contributed by atoms with Crippen molar-refractivity contribution in [2.75, 3.05) is 19.0 Å². The highest BCUT2D eigenvalue weighted by Gasteiger charge is 2.36. The van der Waals surface area contributed by atoms with Crippen molar-refractivity contribution in [1.82, 2.24) is 15.1 Å². The van der Waals surface area contributed by atoms with Gasteiger partial charge in [0.15, 0.2) is 5.69 Å². The molecule has 4 N–H and O–H groups in total. The summed E-state index contributed by atoms with van der Waals surface area (Å²) in [7, 11) is 1.64. The Hall–Kier alpha value is -4.38. The molecule has 1 aliphatic rings. The van der Waals surface area contributed by atoms with E-state index in [0.29, 0.717) is 22.9 Å². The van der Waals surface area contributed by atoms with Crippen molar-refractivity contribution in [3.05, 3.63) is 119 Å². The van der Waals surface area contributed by atoms with Gasteiger partial charge in [-0.05, 0) is 77.5 Å². The number of nitrogens with one attached hydrogen (secondary N) is 2. The number of anilines is 1. The van der Waals surface area contributed by atoms with Gasteiger partial charge in [-0.3, -0.25) is 4.79 Å². The Labute approximate surface area is 265 Å². The van der Waals surface area contributed by atoms with E-state index < -0.39 is 17.8 Å². The molecule has 0 radical (unpaired) electrons. The third-order valence-corrected chi connectivity index (χ3v) is 7.85. The van der Waals surface area contributed by atoms with E-state index in [0.717, 1.165) is 44.9 Å². The van der Waals surface area contributed by atoms with Crippen molar-refractivity contribution >= 4 is 34.8 Å². The van der Waals surface area contributed by atoms with E-state index in [1.54, 1.807) is 37.4 Å². The molecule has 0 aliphatic heterocycles. The smallest absolute Gasteiger partial charge is 0.435 e. The number of hydrogen-bond acceptors (Lipinski definition) is 5. The molecule has 1 atom stereocenters. The molecule has 7 nitrogen and oxygen atoms in total. The van der Waals surface area contributed by atoms with E-state index in [1.165, 1.54) is 12.8 Å². The zero-order valence-electron chi connectivity index (χ0n) is 24.5. The Morgan fingerprint density at radius 2 is 1.80 bits per heavy atom. The van der Waals surface area contributed by atoms with Crippen LogP contribution in [0.4, 0.5) is 18.9 Å². The lowest BCUT2D eigenvalue weighted by molar-refractivity contribution is -0.141. The monoisotopic (exact) mass is 635 g/mol. The first-order chi connectivity index (χ1) is 21.2. The average molecular weight is 636 g/mol. The highest BCUT2D eigenvalue weighted by Crippen LogP contribution is 2.38. The minimum absolute atomic E-state index is 0. The number of rotatable bonds is 10. The van der Waals surface area contributed by atoms with Crippen LogP contribution in [0.5, 0.6) is 5.75 Å². The van der Waals surface area contributed by atoms with Crippen LogP contribution in [0, 0.1) is 5.92 Å². The van der Waals surface area contributed by atoms with Crippen molar-refractivity contribution in [3.8, 4) is 11.4 Å². The molecule has 5 aromatic rings. The number of ether oxygens (including phenoxy) is 1. The summed E-state index contributed by atoms with van der Waals surface area (Å²) in [4.78, 5) is 13.6. The largest absolute Gasteiger partial charge is 0.496 e. The fourth-order valence-corrected chi connectivity index (χ4v) is 5.43. The Morgan fingerprint density at radius 1 is 1.02 bits per heavy atom. The molecule has 4 aromatic carbocycles. The molecule has 0 bridgehead atoms.